The van der Waals surface area contributed by atoms with E-state index in [1.807, 2.05) is 31.2 Å². The van der Waals surface area contributed by atoms with Crippen LogP contribution in [0, 0.1) is 6.92 Å². The second-order valence-electron chi connectivity index (χ2n) is 5.74. The van der Waals surface area contributed by atoms with Gasteiger partial charge in [-0.25, -0.2) is 13.2 Å². The van der Waals surface area contributed by atoms with Gasteiger partial charge in [-0.1, -0.05) is 35.9 Å². The predicted molar refractivity (Wildman–Crippen MR) is 95.8 cm³/mol. The van der Waals surface area contributed by atoms with Crippen molar-refractivity contribution in [2.45, 2.75) is 18.4 Å². The number of aryl methyl sites for hydroxylation is 1. The van der Waals surface area contributed by atoms with Gasteiger partial charge < -0.3 is 4.42 Å². The number of aromatic nitrogens is 1. The lowest BCUT2D eigenvalue weighted by Crippen LogP contribution is -2.30. The van der Waals surface area contributed by atoms with E-state index in [0.717, 1.165) is 11.1 Å². The number of fused-ring (bicyclic) bond motifs is 1. The average Bonchev–Trinajstić information content (AvgIpc) is 2.95. The number of oxazole rings is 1. The van der Waals surface area contributed by atoms with Crippen LogP contribution in [-0.2, 0) is 16.6 Å². The lowest BCUT2D eigenvalue weighted by molar-refractivity contribution is 0.438. The third-order valence-corrected chi connectivity index (χ3v) is 5.65. The molecule has 25 heavy (non-hydrogen) atoms. The largest absolute Gasteiger partial charge is 0.417 e. The minimum Gasteiger partial charge on any atom is -0.408 e. The van der Waals surface area contributed by atoms with Crippen LogP contribution in [0.3, 0.4) is 0 Å². The molecule has 0 spiro atoms. The maximum absolute atomic E-state index is 13.0. The second-order valence-corrected chi connectivity index (χ2v) is 7.68. The van der Waals surface area contributed by atoms with Crippen LogP contribution in [0.4, 0.5) is 0 Å². The number of hydrogen-bond donors (Lipinski definition) is 1. The normalized spacial score (nSPS) is 11.9. The van der Waals surface area contributed by atoms with E-state index in [1.165, 1.54) is 22.5 Å². The van der Waals surface area contributed by atoms with E-state index in [0.29, 0.717) is 5.52 Å². The molecule has 0 bridgehead atoms. The molecular formula is C18H18N2O4S. The molecule has 3 rings (SSSR count). The van der Waals surface area contributed by atoms with Gasteiger partial charge in [0, 0.05) is 19.2 Å². The van der Waals surface area contributed by atoms with Crippen LogP contribution in [0.2, 0.25) is 0 Å². The lowest BCUT2D eigenvalue weighted by Gasteiger charge is -2.21. The monoisotopic (exact) mass is 358 g/mol. The molecule has 0 radical (unpaired) electrons. The summed E-state index contributed by atoms with van der Waals surface area (Å²) in [6.07, 6.45) is 1.54. The van der Waals surface area contributed by atoms with Gasteiger partial charge in [0.15, 0.2) is 5.58 Å². The summed E-state index contributed by atoms with van der Waals surface area (Å²) in [5.74, 6) is -0.618. The summed E-state index contributed by atoms with van der Waals surface area (Å²) in [7, 11) is -3.77. The fraction of sp³-hybridized carbons (Fsp3) is 0.167. The highest BCUT2D eigenvalue weighted by Gasteiger charge is 2.24. The topological polar surface area (TPSA) is 83.4 Å². The Hall–Kier alpha value is -2.64. The van der Waals surface area contributed by atoms with Crippen LogP contribution in [0.15, 0.2) is 69.2 Å². The molecule has 7 heteroatoms. The van der Waals surface area contributed by atoms with Crippen molar-refractivity contribution in [2.24, 2.45) is 0 Å². The summed E-state index contributed by atoms with van der Waals surface area (Å²) >= 11 is 0. The first-order valence-electron chi connectivity index (χ1n) is 7.69. The quantitative estimate of drug-likeness (QED) is 0.687. The molecule has 3 aromatic rings. The van der Waals surface area contributed by atoms with Crippen LogP contribution in [-0.4, -0.2) is 24.3 Å². The number of sulfonamides is 1. The summed E-state index contributed by atoms with van der Waals surface area (Å²) in [5.41, 5.74) is 2.65. The number of aromatic amines is 1. The molecule has 1 aromatic heterocycles. The molecule has 1 N–H and O–H groups in total. The molecule has 0 aliphatic rings. The van der Waals surface area contributed by atoms with E-state index in [9.17, 15) is 13.2 Å². The first-order valence-corrected chi connectivity index (χ1v) is 9.13. The Labute approximate surface area is 145 Å². The summed E-state index contributed by atoms with van der Waals surface area (Å²) in [6.45, 7) is 6.02. The van der Waals surface area contributed by atoms with Gasteiger partial charge in [0.1, 0.15) is 0 Å². The SMILES string of the molecule is C=CCN(Cc1ccc(C)cc1)S(=O)(=O)c1ccc2[nH]c(=O)oc2c1. The molecule has 0 fully saturated rings. The van der Waals surface area contributed by atoms with Gasteiger partial charge in [-0.15, -0.1) is 6.58 Å². The summed E-state index contributed by atoms with van der Waals surface area (Å²) in [5, 5.41) is 0. The molecule has 0 saturated carbocycles. The first kappa shape index (κ1) is 17.2. The third kappa shape index (κ3) is 3.57. The van der Waals surface area contributed by atoms with Crippen LogP contribution >= 0.6 is 0 Å². The highest BCUT2D eigenvalue weighted by molar-refractivity contribution is 7.89. The molecule has 6 nitrogen and oxygen atoms in total. The zero-order valence-electron chi connectivity index (χ0n) is 13.7. The Bertz CT molecular complexity index is 1060. The van der Waals surface area contributed by atoms with Gasteiger partial charge in [-0.2, -0.15) is 4.31 Å². The number of nitrogens with zero attached hydrogens (tertiary/aromatic N) is 1. The Morgan fingerprint density at radius 3 is 2.60 bits per heavy atom. The van der Waals surface area contributed by atoms with Gasteiger partial charge in [0.25, 0.3) is 0 Å². The van der Waals surface area contributed by atoms with Gasteiger partial charge in [0.05, 0.1) is 10.4 Å². The fourth-order valence-electron chi connectivity index (χ4n) is 2.52. The molecule has 130 valence electrons. The lowest BCUT2D eigenvalue weighted by atomic mass is 10.1. The second kappa shape index (κ2) is 6.70. The van der Waals surface area contributed by atoms with E-state index in [1.54, 1.807) is 6.08 Å². The zero-order chi connectivity index (χ0) is 18.0. The van der Waals surface area contributed by atoms with Gasteiger partial charge in [0.2, 0.25) is 10.0 Å². The van der Waals surface area contributed by atoms with Crippen LogP contribution in [0.1, 0.15) is 11.1 Å². The molecule has 2 aromatic carbocycles. The predicted octanol–water partition coefficient (Wildman–Crippen LogP) is 2.81. The van der Waals surface area contributed by atoms with Crippen LogP contribution in [0.5, 0.6) is 0 Å². The van der Waals surface area contributed by atoms with Crippen molar-refractivity contribution in [3.05, 3.63) is 76.8 Å². The average molecular weight is 358 g/mol. The highest BCUT2D eigenvalue weighted by Crippen LogP contribution is 2.22. The molecule has 0 atom stereocenters. The van der Waals surface area contributed by atoms with Gasteiger partial charge in [-0.3, -0.25) is 4.98 Å². The van der Waals surface area contributed by atoms with Crippen molar-refractivity contribution in [2.75, 3.05) is 6.54 Å². The van der Waals surface area contributed by atoms with E-state index in [2.05, 4.69) is 11.6 Å². The highest BCUT2D eigenvalue weighted by atomic mass is 32.2. The summed E-state index contributed by atoms with van der Waals surface area (Å²) < 4.78 is 32.3. The maximum atomic E-state index is 13.0. The Morgan fingerprint density at radius 2 is 1.92 bits per heavy atom. The fourth-order valence-corrected chi connectivity index (χ4v) is 3.94. The van der Waals surface area contributed by atoms with E-state index >= 15 is 0 Å². The van der Waals surface area contributed by atoms with E-state index in [-0.39, 0.29) is 23.6 Å². The Balaban J connectivity index is 1.98. The number of nitrogens with one attached hydrogen (secondary N) is 1. The minimum absolute atomic E-state index is 0.0664. The maximum Gasteiger partial charge on any atom is 0.417 e. The molecular weight excluding hydrogens is 340 g/mol. The van der Waals surface area contributed by atoms with Gasteiger partial charge in [-0.05, 0) is 24.6 Å². The number of benzene rings is 2. The van der Waals surface area contributed by atoms with Crippen molar-refractivity contribution in [3.63, 3.8) is 0 Å². The number of rotatable bonds is 6. The number of hydrogen-bond acceptors (Lipinski definition) is 4. The van der Waals surface area contributed by atoms with Crippen molar-refractivity contribution in [3.8, 4) is 0 Å². The summed E-state index contributed by atoms with van der Waals surface area (Å²) in [4.78, 5) is 13.8. The molecule has 1 heterocycles. The van der Waals surface area contributed by atoms with Gasteiger partial charge >= 0.3 is 5.76 Å². The number of H-pyrrole nitrogens is 1. The Morgan fingerprint density at radius 1 is 1.20 bits per heavy atom. The van der Waals surface area contributed by atoms with Crippen LogP contribution in [0.25, 0.3) is 11.1 Å². The molecule has 0 saturated heterocycles. The smallest absolute Gasteiger partial charge is 0.408 e. The first-order chi connectivity index (χ1) is 11.9. The molecule has 0 unspecified atom stereocenters. The zero-order valence-corrected chi connectivity index (χ0v) is 14.5. The summed E-state index contributed by atoms with van der Waals surface area (Å²) in [6, 6.07) is 12.0. The van der Waals surface area contributed by atoms with Crippen molar-refractivity contribution < 1.29 is 12.8 Å². The van der Waals surface area contributed by atoms with Crippen LogP contribution < -0.4 is 5.76 Å². The molecule has 0 aliphatic carbocycles. The van der Waals surface area contributed by atoms with Crippen molar-refractivity contribution in [1.82, 2.24) is 9.29 Å². The van der Waals surface area contributed by atoms with E-state index < -0.39 is 15.8 Å². The minimum atomic E-state index is -3.77. The third-order valence-electron chi connectivity index (χ3n) is 3.84. The molecule has 0 amide bonds. The standard InChI is InChI=1S/C18H18N2O4S/c1-3-10-20(12-14-6-4-13(2)5-7-14)25(22,23)15-8-9-16-17(11-15)24-18(21)19-16/h3-9,11H,1,10,12H2,2H3,(H,19,21). The van der Waals surface area contributed by atoms with Crippen molar-refractivity contribution in [1.29, 1.82) is 0 Å². The Kier molecular flexibility index (Phi) is 4.61. The van der Waals surface area contributed by atoms with Crippen molar-refractivity contribution >= 4 is 21.1 Å². The van der Waals surface area contributed by atoms with E-state index in [4.69, 9.17) is 4.42 Å². The molecule has 0 aliphatic heterocycles.